The quantitative estimate of drug-likeness (QED) is 0.268. The highest BCUT2D eigenvalue weighted by atomic mass is 79.9. The van der Waals surface area contributed by atoms with Gasteiger partial charge in [-0.3, -0.25) is 0 Å². The second-order valence-electron chi connectivity index (χ2n) is 8.26. The lowest BCUT2D eigenvalue weighted by Crippen LogP contribution is -2.18. The van der Waals surface area contributed by atoms with Crippen LogP contribution in [0.2, 0.25) is 0 Å². The number of aromatic nitrogens is 2. The zero-order valence-electron chi connectivity index (χ0n) is 18.3. The highest BCUT2D eigenvalue weighted by Crippen LogP contribution is 2.36. The van der Waals surface area contributed by atoms with E-state index in [1.807, 2.05) is 6.20 Å². The van der Waals surface area contributed by atoms with Crippen molar-refractivity contribution in [3.8, 4) is 0 Å². The molecule has 162 valence electrons. The van der Waals surface area contributed by atoms with Crippen molar-refractivity contribution < 1.29 is 4.74 Å². The molecule has 1 aliphatic heterocycles. The smallest absolute Gasteiger partial charge is 0.150 e. The summed E-state index contributed by atoms with van der Waals surface area (Å²) in [5.41, 5.74) is 7.44. The fraction of sp³-hybridized carbons (Fsp3) is 0.250. The topological polar surface area (TPSA) is 27.1 Å². The van der Waals surface area contributed by atoms with Crippen LogP contribution < -0.4 is 0 Å². The Morgan fingerprint density at radius 1 is 0.969 bits per heavy atom. The van der Waals surface area contributed by atoms with Crippen LogP contribution in [-0.4, -0.2) is 16.4 Å². The van der Waals surface area contributed by atoms with Crippen molar-refractivity contribution >= 4 is 38.0 Å². The third-order valence-corrected chi connectivity index (χ3v) is 6.75. The van der Waals surface area contributed by atoms with E-state index in [0.29, 0.717) is 0 Å². The lowest BCUT2D eigenvalue weighted by molar-refractivity contribution is -0.0366. The monoisotopic (exact) mass is 486 g/mol. The van der Waals surface area contributed by atoms with Gasteiger partial charge in [0, 0.05) is 16.5 Å². The number of nitrogens with zero attached hydrogens (tertiary/aromatic N) is 2. The fourth-order valence-corrected chi connectivity index (χ4v) is 4.92. The molecule has 1 fully saturated rings. The van der Waals surface area contributed by atoms with Crippen molar-refractivity contribution in [2.75, 3.05) is 6.61 Å². The van der Waals surface area contributed by atoms with Crippen molar-refractivity contribution in [1.82, 2.24) is 9.78 Å². The van der Waals surface area contributed by atoms with E-state index in [0.717, 1.165) is 41.2 Å². The van der Waals surface area contributed by atoms with Gasteiger partial charge in [-0.1, -0.05) is 71.4 Å². The van der Waals surface area contributed by atoms with Crippen molar-refractivity contribution in [3.05, 3.63) is 100 Å². The molecular weight excluding hydrogens is 460 g/mol. The number of rotatable bonds is 5. The molecule has 1 aliphatic rings. The molecule has 1 saturated heterocycles. The second-order valence-corrected chi connectivity index (χ2v) is 9.18. The average Bonchev–Trinajstić information content (AvgIpc) is 3.27. The van der Waals surface area contributed by atoms with Gasteiger partial charge in [0.25, 0.3) is 0 Å². The number of hydrogen-bond donors (Lipinski definition) is 0. The molecule has 4 heteroatoms. The Bertz CT molecular complexity index is 1240. The molecular formula is C28H27BrN2O. The first-order valence-corrected chi connectivity index (χ1v) is 12.2. The summed E-state index contributed by atoms with van der Waals surface area (Å²) in [6, 6.07) is 26.0. The Hall–Kier alpha value is -2.69. The van der Waals surface area contributed by atoms with Crippen molar-refractivity contribution in [1.29, 1.82) is 0 Å². The molecule has 2 heterocycles. The molecule has 1 unspecified atom stereocenters. The molecule has 0 aliphatic carbocycles. The molecule has 1 aromatic heterocycles. The fourth-order valence-electron chi connectivity index (χ4n) is 4.65. The van der Waals surface area contributed by atoms with Crippen molar-refractivity contribution in [2.45, 2.75) is 38.8 Å². The van der Waals surface area contributed by atoms with Crippen LogP contribution in [0, 0.1) is 0 Å². The Labute approximate surface area is 197 Å². The van der Waals surface area contributed by atoms with E-state index in [4.69, 9.17) is 9.84 Å². The third kappa shape index (κ3) is 4.17. The normalized spacial score (nSPS) is 17.4. The van der Waals surface area contributed by atoms with E-state index in [9.17, 15) is 0 Å². The minimum Gasteiger partial charge on any atom is -0.356 e. The third-order valence-electron chi connectivity index (χ3n) is 6.22. The minimum absolute atomic E-state index is 0.0455. The molecule has 0 bridgehead atoms. The zero-order chi connectivity index (χ0) is 21.9. The molecule has 0 N–H and O–H groups in total. The molecule has 1 atom stereocenters. The molecule has 32 heavy (non-hydrogen) atoms. The van der Waals surface area contributed by atoms with E-state index in [2.05, 4.69) is 100 Å². The van der Waals surface area contributed by atoms with Gasteiger partial charge >= 0.3 is 0 Å². The summed E-state index contributed by atoms with van der Waals surface area (Å²) in [6.45, 7) is 3.05. The van der Waals surface area contributed by atoms with Gasteiger partial charge in [0.15, 0.2) is 6.23 Å². The molecule has 0 radical (unpaired) electrons. The first-order valence-electron chi connectivity index (χ1n) is 11.4. The molecule has 3 aromatic carbocycles. The van der Waals surface area contributed by atoms with E-state index >= 15 is 0 Å². The summed E-state index contributed by atoms with van der Waals surface area (Å²) in [4.78, 5) is 0. The molecule has 5 rings (SSSR count). The summed E-state index contributed by atoms with van der Waals surface area (Å²) in [5.74, 6) is 0. The Kier molecular flexibility index (Phi) is 6.24. The lowest BCUT2D eigenvalue weighted by atomic mass is 9.88. The number of fused-ring (bicyclic) bond motifs is 1. The number of ether oxygens (including phenoxy) is 1. The Balaban J connectivity index is 1.66. The van der Waals surface area contributed by atoms with Crippen LogP contribution in [-0.2, 0) is 4.74 Å². The van der Waals surface area contributed by atoms with Crippen LogP contribution in [0.15, 0.2) is 83.5 Å². The van der Waals surface area contributed by atoms with Gasteiger partial charge in [-0.2, -0.15) is 5.10 Å². The van der Waals surface area contributed by atoms with E-state index in [1.165, 1.54) is 34.3 Å². The first kappa shape index (κ1) is 21.2. The van der Waals surface area contributed by atoms with Crippen LogP contribution in [0.4, 0.5) is 0 Å². The van der Waals surface area contributed by atoms with Crippen LogP contribution in [0.3, 0.4) is 0 Å². The standard InChI is InChI=1S/C28H27BrN2O/c1-2-25(20-8-4-3-5-9-20)28(21-11-14-24(29)15-12-21)22-13-16-26-23(18-22)19-30-31(26)27-10-6-7-17-32-27/h3-5,8-9,11-16,18-19,27H,2,6-7,10,17H2,1H3. The van der Waals surface area contributed by atoms with Crippen LogP contribution >= 0.6 is 15.9 Å². The minimum atomic E-state index is 0.0455. The van der Waals surface area contributed by atoms with E-state index < -0.39 is 0 Å². The summed E-state index contributed by atoms with van der Waals surface area (Å²) in [5, 5.41) is 5.84. The zero-order valence-corrected chi connectivity index (χ0v) is 19.9. The molecule has 3 nitrogen and oxygen atoms in total. The van der Waals surface area contributed by atoms with E-state index in [-0.39, 0.29) is 6.23 Å². The SMILES string of the molecule is CCC(=C(c1ccc(Br)cc1)c1ccc2c(cnn2C2CCCCO2)c1)c1ccccc1. The van der Waals surface area contributed by atoms with Gasteiger partial charge in [0.2, 0.25) is 0 Å². The largest absolute Gasteiger partial charge is 0.356 e. The lowest BCUT2D eigenvalue weighted by Gasteiger charge is -2.23. The summed E-state index contributed by atoms with van der Waals surface area (Å²) in [6.07, 6.45) is 6.32. The maximum absolute atomic E-state index is 5.99. The maximum atomic E-state index is 5.99. The molecule has 0 spiro atoms. The van der Waals surface area contributed by atoms with Crippen LogP contribution in [0.5, 0.6) is 0 Å². The molecule has 0 saturated carbocycles. The number of hydrogen-bond acceptors (Lipinski definition) is 2. The van der Waals surface area contributed by atoms with Crippen molar-refractivity contribution in [2.24, 2.45) is 0 Å². The summed E-state index contributed by atoms with van der Waals surface area (Å²) in [7, 11) is 0. The van der Waals surface area contributed by atoms with Crippen molar-refractivity contribution in [3.63, 3.8) is 0 Å². The van der Waals surface area contributed by atoms with E-state index in [1.54, 1.807) is 0 Å². The highest BCUT2D eigenvalue weighted by Gasteiger charge is 2.19. The van der Waals surface area contributed by atoms with Gasteiger partial charge in [-0.25, -0.2) is 4.68 Å². The molecule has 0 amide bonds. The van der Waals surface area contributed by atoms with Gasteiger partial charge in [0.1, 0.15) is 0 Å². The number of allylic oxidation sites excluding steroid dienone is 1. The van der Waals surface area contributed by atoms with Gasteiger partial charge in [-0.05, 0) is 77.8 Å². The maximum Gasteiger partial charge on any atom is 0.150 e. The van der Waals surface area contributed by atoms with Crippen LogP contribution in [0.25, 0.3) is 22.0 Å². The first-order chi connectivity index (χ1) is 15.7. The Morgan fingerprint density at radius 2 is 1.75 bits per heavy atom. The predicted molar refractivity (Wildman–Crippen MR) is 135 cm³/mol. The predicted octanol–water partition coefficient (Wildman–Crippen LogP) is 7.87. The molecule has 4 aromatic rings. The highest BCUT2D eigenvalue weighted by molar-refractivity contribution is 9.10. The number of halogens is 1. The van der Waals surface area contributed by atoms with Gasteiger partial charge < -0.3 is 4.74 Å². The Morgan fingerprint density at radius 3 is 2.47 bits per heavy atom. The van der Waals surface area contributed by atoms with Gasteiger partial charge in [0.05, 0.1) is 11.7 Å². The van der Waals surface area contributed by atoms with Crippen LogP contribution in [0.1, 0.15) is 55.5 Å². The number of benzene rings is 3. The second kappa shape index (κ2) is 9.43. The average molecular weight is 487 g/mol. The van der Waals surface area contributed by atoms with Gasteiger partial charge in [-0.15, -0.1) is 0 Å². The summed E-state index contributed by atoms with van der Waals surface area (Å²) < 4.78 is 9.13. The summed E-state index contributed by atoms with van der Waals surface area (Å²) >= 11 is 3.58.